The standard InChI is InChI=1S/C26H30N2O5/c1-17(24(29)28-14-6-7-18(15-28)25(30)31)12-13-27-26(32)33-16-23-21-10-4-2-8-19(21)20-9-3-5-11-22(20)23/h2-5,8-11,17-18,23H,6-7,12-16H2,1H3,(H,27,32)(H,30,31)/t17?,18-/m0/s1. The van der Waals surface area contributed by atoms with Gasteiger partial charge in [0.2, 0.25) is 5.91 Å². The SMILES string of the molecule is CC(CCNC(=O)OCC1c2ccccc2-c2ccccc21)C(=O)N1CCC[C@H](C(=O)O)C1. The van der Waals surface area contributed by atoms with Crippen LogP contribution in [0.5, 0.6) is 0 Å². The molecular weight excluding hydrogens is 420 g/mol. The van der Waals surface area contributed by atoms with E-state index in [1.165, 1.54) is 11.1 Å². The van der Waals surface area contributed by atoms with Crippen LogP contribution in [0, 0.1) is 11.8 Å². The molecule has 0 aromatic heterocycles. The van der Waals surface area contributed by atoms with Crippen molar-refractivity contribution >= 4 is 18.0 Å². The molecule has 2 aliphatic rings. The van der Waals surface area contributed by atoms with E-state index in [4.69, 9.17) is 4.74 Å². The molecule has 2 amide bonds. The zero-order valence-electron chi connectivity index (χ0n) is 18.8. The summed E-state index contributed by atoms with van der Waals surface area (Å²) in [6.45, 7) is 3.23. The zero-order chi connectivity index (χ0) is 23.4. The van der Waals surface area contributed by atoms with E-state index in [9.17, 15) is 19.5 Å². The molecule has 33 heavy (non-hydrogen) atoms. The number of likely N-dealkylation sites (tertiary alicyclic amines) is 1. The molecule has 1 saturated heterocycles. The first-order valence-electron chi connectivity index (χ1n) is 11.6. The highest BCUT2D eigenvalue weighted by atomic mass is 16.5. The molecule has 1 unspecified atom stereocenters. The highest BCUT2D eigenvalue weighted by Crippen LogP contribution is 2.44. The molecule has 2 atom stereocenters. The molecule has 0 saturated carbocycles. The van der Waals surface area contributed by atoms with E-state index < -0.39 is 18.0 Å². The van der Waals surface area contributed by atoms with Crippen molar-refractivity contribution in [3.05, 3.63) is 59.7 Å². The van der Waals surface area contributed by atoms with Gasteiger partial charge in [-0.2, -0.15) is 0 Å². The van der Waals surface area contributed by atoms with Gasteiger partial charge in [-0.25, -0.2) is 4.79 Å². The molecule has 0 bridgehead atoms. The lowest BCUT2D eigenvalue weighted by Crippen LogP contribution is -2.44. The van der Waals surface area contributed by atoms with Crippen molar-refractivity contribution in [1.29, 1.82) is 0 Å². The van der Waals surface area contributed by atoms with E-state index in [0.29, 0.717) is 32.4 Å². The molecule has 7 heteroatoms. The quantitative estimate of drug-likeness (QED) is 0.668. The second-order valence-electron chi connectivity index (χ2n) is 8.90. The Morgan fingerprint density at radius 2 is 1.73 bits per heavy atom. The molecule has 2 aromatic rings. The molecule has 1 aliphatic carbocycles. The first kappa shape index (κ1) is 22.8. The predicted molar refractivity (Wildman–Crippen MR) is 124 cm³/mol. The fraction of sp³-hybridized carbons (Fsp3) is 0.423. The number of nitrogens with one attached hydrogen (secondary N) is 1. The summed E-state index contributed by atoms with van der Waals surface area (Å²) in [6, 6.07) is 16.4. The summed E-state index contributed by atoms with van der Waals surface area (Å²) in [5.74, 6) is -1.70. The van der Waals surface area contributed by atoms with Crippen LogP contribution in [-0.4, -0.2) is 54.2 Å². The van der Waals surface area contributed by atoms with Gasteiger partial charge in [0.1, 0.15) is 6.61 Å². The van der Waals surface area contributed by atoms with Crippen molar-refractivity contribution < 1.29 is 24.2 Å². The number of alkyl carbamates (subject to hydrolysis) is 1. The monoisotopic (exact) mass is 450 g/mol. The van der Waals surface area contributed by atoms with Crippen LogP contribution < -0.4 is 5.32 Å². The van der Waals surface area contributed by atoms with Crippen molar-refractivity contribution in [2.24, 2.45) is 11.8 Å². The van der Waals surface area contributed by atoms with E-state index in [2.05, 4.69) is 29.6 Å². The van der Waals surface area contributed by atoms with Crippen LogP contribution in [0.25, 0.3) is 11.1 Å². The molecule has 1 aliphatic heterocycles. The number of aliphatic carboxylic acids is 1. The van der Waals surface area contributed by atoms with Gasteiger partial charge in [-0.1, -0.05) is 55.5 Å². The molecule has 1 fully saturated rings. The summed E-state index contributed by atoms with van der Waals surface area (Å²) in [5.41, 5.74) is 4.67. The molecule has 0 spiro atoms. The number of benzene rings is 2. The summed E-state index contributed by atoms with van der Waals surface area (Å²) >= 11 is 0. The third-order valence-electron chi connectivity index (χ3n) is 6.69. The molecule has 4 rings (SSSR count). The van der Waals surface area contributed by atoms with Crippen LogP contribution in [0.1, 0.15) is 43.2 Å². The van der Waals surface area contributed by atoms with Crippen molar-refractivity contribution in [2.45, 2.75) is 32.1 Å². The number of piperidine rings is 1. The second-order valence-corrected chi connectivity index (χ2v) is 8.90. The summed E-state index contributed by atoms with van der Waals surface area (Å²) in [4.78, 5) is 37.8. The number of ether oxygens (including phenoxy) is 1. The van der Waals surface area contributed by atoms with E-state index in [1.807, 2.05) is 31.2 Å². The van der Waals surface area contributed by atoms with Crippen LogP contribution in [0.3, 0.4) is 0 Å². The first-order chi connectivity index (χ1) is 16.0. The lowest BCUT2D eigenvalue weighted by molar-refractivity contribution is -0.146. The Labute approximate surface area is 193 Å². The average molecular weight is 451 g/mol. The summed E-state index contributed by atoms with van der Waals surface area (Å²) in [5, 5.41) is 12.0. The number of carbonyl (C=O) groups excluding carboxylic acids is 2. The minimum Gasteiger partial charge on any atom is -0.481 e. The average Bonchev–Trinajstić information content (AvgIpc) is 3.16. The summed E-state index contributed by atoms with van der Waals surface area (Å²) in [7, 11) is 0. The Morgan fingerprint density at radius 1 is 1.09 bits per heavy atom. The maximum absolute atomic E-state index is 12.7. The second kappa shape index (κ2) is 10.1. The highest BCUT2D eigenvalue weighted by molar-refractivity contribution is 5.80. The number of amides is 2. The molecule has 2 aromatic carbocycles. The fourth-order valence-electron chi connectivity index (χ4n) is 4.85. The number of carboxylic acids is 1. The fourth-order valence-corrected chi connectivity index (χ4v) is 4.85. The number of rotatable bonds is 7. The molecule has 0 radical (unpaired) electrons. The van der Waals surface area contributed by atoms with Gasteiger partial charge < -0.3 is 20.1 Å². The van der Waals surface area contributed by atoms with Gasteiger partial charge in [-0.05, 0) is 41.5 Å². The largest absolute Gasteiger partial charge is 0.481 e. The van der Waals surface area contributed by atoms with Crippen LogP contribution >= 0.6 is 0 Å². The van der Waals surface area contributed by atoms with Crippen molar-refractivity contribution in [3.8, 4) is 11.1 Å². The molecule has 1 heterocycles. The molecular formula is C26H30N2O5. The van der Waals surface area contributed by atoms with Gasteiger partial charge >= 0.3 is 12.1 Å². The van der Waals surface area contributed by atoms with Crippen molar-refractivity contribution in [3.63, 3.8) is 0 Å². The van der Waals surface area contributed by atoms with E-state index in [-0.39, 0.29) is 30.9 Å². The normalized spacial score (nSPS) is 18.2. The number of nitrogens with zero attached hydrogens (tertiary/aromatic N) is 1. The molecule has 7 nitrogen and oxygen atoms in total. The van der Waals surface area contributed by atoms with Crippen LogP contribution in [-0.2, 0) is 14.3 Å². The predicted octanol–water partition coefficient (Wildman–Crippen LogP) is 3.87. The van der Waals surface area contributed by atoms with Gasteiger partial charge in [0.15, 0.2) is 0 Å². The van der Waals surface area contributed by atoms with Crippen LogP contribution in [0.2, 0.25) is 0 Å². The Hall–Kier alpha value is -3.35. The van der Waals surface area contributed by atoms with Crippen molar-refractivity contribution in [2.75, 3.05) is 26.2 Å². The Bertz CT molecular complexity index is 991. The third kappa shape index (κ3) is 5.02. The molecule has 2 N–H and O–H groups in total. The van der Waals surface area contributed by atoms with Gasteiger partial charge in [0.05, 0.1) is 5.92 Å². The highest BCUT2D eigenvalue weighted by Gasteiger charge is 2.31. The lowest BCUT2D eigenvalue weighted by atomic mass is 9.96. The van der Waals surface area contributed by atoms with Crippen molar-refractivity contribution in [1.82, 2.24) is 10.2 Å². The van der Waals surface area contributed by atoms with E-state index in [1.54, 1.807) is 4.90 Å². The van der Waals surface area contributed by atoms with Crippen LogP contribution in [0.15, 0.2) is 48.5 Å². The van der Waals surface area contributed by atoms with Gasteiger partial charge in [-0.15, -0.1) is 0 Å². The Morgan fingerprint density at radius 3 is 2.36 bits per heavy atom. The van der Waals surface area contributed by atoms with Crippen LogP contribution in [0.4, 0.5) is 4.79 Å². The first-order valence-corrected chi connectivity index (χ1v) is 11.6. The minimum absolute atomic E-state index is 0.00457. The zero-order valence-corrected chi connectivity index (χ0v) is 18.8. The third-order valence-corrected chi connectivity index (χ3v) is 6.69. The number of hydrogen-bond acceptors (Lipinski definition) is 4. The summed E-state index contributed by atoms with van der Waals surface area (Å²) in [6.07, 6.45) is 1.28. The number of hydrogen-bond donors (Lipinski definition) is 2. The van der Waals surface area contributed by atoms with Gasteiger partial charge in [-0.3, -0.25) is 9.59 Å². The summed E-state index contributed by atoms with van der Waals surface area (Å²) < 4.78 is 5.53. The maximum atomic E-state index is 12.7. The van der Waals surface area contributed by atoms with E-state index >= 15 is 0 Å². The van der Waals surface area contributed by atoms with E-state index in [0.717, 1.165) is 11.1 Å². The topological polar surface area (TPSA) is 95.9 Å². The molecule has 174 valence electrons. The number of carboxylic acid groups (broad SMARTS) is 1. The maximum Gasteiger partial charge on any atom is 0.407 e. The smallest absolute Gasteiger partial charge is 0.407 e. The van der Waals surface area contributed by atoms with Gasteiger partial charge in [0.25, 0.3) is 0 Å². The minimum atomic E-state index is -0.850. The lowest BCUT2D eigenvalue weighted by Gasteiger charge is -2.32. The number of carbonyl (C=O) groups is 3. The number of fused-ring (bicyclic) bond motifs is 3. The Kier molecular flexibility index (Phi) is 6.96. The van der Waals surface area contributed by atoms with Gasteiger partial charge in [0, 0.05) is 31.5 Å². The Balaban J connectivity index is 1.24.